The van der Waals surface area contributed by atoms with Crippen LogP contribution < -0.4 is 15.4 Å². The van der Waals surface area contributed by atoms with E-state index in [1.54, 1.807) is 39.8 Å². The van der Waals surface area contributed by atoms with E-state index in [1.165, 1.54) is 6.07 Å². The summed E-state index contributed by atoms with van der Waals surface area (Å²) in [5, 5.41) is 6.25. The van der Waals surface area contributed by atoms with E-state index in [2.05, 4.69) is 22.3 Å². The monoisotopic (exact) mass is 431 g/mol. The molecule has 28 heavy (non-hydrogen) atoms. The molecule has 2 rings (SSSR count). The van der Waals surface area contributed by atoms with Gasteiger partial charge in [-0.05, 0) is 83.2 Å². The van der Waals surface area contributed by atoms with Crippen molar-refractivity contribution in [1.29, 1.82) is 0 Å². The molecule has 0 radical (unpaired) electrons. The van der Waals surface area contributed by atoms with Gasteiger partial charge in [0.1, 0.15) is 0 Å². The molecule has 2 atom stereocenters. The zero-order chi connectivity index (χ0) is 20.2. The Morgan fingerprint density at radius 1 is 1.32 bits per heavy atom. The molecule has 1 aromatic rings. The third-order valence-corrected chi connectivity index (χ3v) is 6.75. The fourth-order valence-electron chi connectivity index (χ4n) is 3.46. The first-order valence-electron chi connectivity index (χ1n) is 9.63. The fourth-order valence-corrected chi connectivity index (χ4v) is 5.15. The molecule has 160 valence electrons. The van der Waals surface area contributed by atoms with Crippen LogP contribution in [0, 0.1) is 18.8 Å². The first-order valence-corrected chi connectivity index (χ1v) is 11.1. The Hall–Kier alpha value is -1.15. The number of carbonyl (C=O) groups is 1. The average molecular weight is 432 g/mol. The summed E-state index contributed by atoms with van der Waals surface area (Å²) < 4.78 is 28.0. The van der Waals surface area contributed by atoms with E-state index in [-0.39, 0.29) is 29.1 Å². The lowest BCUT2D eigenvalue weighted by atomic mass is 9.85. The molecule has 0 bridgehead atoms. The molecule has 2 unspecified atom stereocenters. The Bertz CT molecular complexity index is 769. The minimum atomic E-state index is -3.66. The molecule has 0 aromatic heterocycles. The standard InChI is InChI=1S/C20H33N3O3S.ClH/c1-14-8-9-17(12-18(14)27(25,26)23-20(3,4)5)22-19(24)11-15(2)16-7-6-10-21-13-16;/h8-9,12,15-16,21,23H,6-7,10-11,13H2,1-5H3,(H,22,24);1H. The van der Waals surface area contributed by atoms with Gasteiger partial charge in [-0.1, -0.05) is 13.0 Å². The number of halogens is 1. The number of rotatable bonds is 6. The Morgan fingerprint density at radius 2 is 2.00 bits per heavy atom. The summed E-state index contributed by atoms with van der Waals surface area (Å²) in [6.07, 6.45) is 2.73. The Balaban J connectivity index is 0.00000392. The minimum Gasteiger partial charge on any atom is -0.326 e. The van der Waals surface area contributed by atoms with Gasteiger partial charge in [0.25, 0.3) is 0 Å². The maximum absolute atomic E-state index is 12.7. The summed E-state index contributed by atoms with van der Waals surface area (Å²) in [5.41, 5.74) is 0.578. The van der Waals surface area contributed by atoms with Gasteiger partial charge < -0.3 is 10.6 Å². The molecule has 1 aromatic carbocycles. The molecule has 1 aliphatic heterocycles. The van der Waals surface area contributed by atoms with Crippen molar-refractivity contribution in [2.24, 2.45) is 11.8 Å². The number of hydrogen-bond acceptors (Lipinski definition) is 4. The highest BCUT2D eigenvalue weighted by Crippen LogP contribution is 2.25. The Kier molecular flexibility index (Phi) is 8.93. The number of aryl methyl sites for hydroxylation is 1. The molecule has 1 amide bonds. The number of hydrogen-bond donors (Lipinski definition) is 3. The summed E-state index contributed by atoms with van der Waals surface area (Å²) in [6.45, 7) is 11.3. The topological polar surface area (TPSA) is 87.3 Å². The molecule has 1 aliphatic rings. The second kappa shape index (κ2) is 10.1. The van der Waals surface area contributed by atoms with Crippen molar-refractivity contribution >= 4 is 34.0 Å². The SMILES string of the molecule is Cc1ccc(NC(=O)CC(C)C2CCCNC2)cc1S(=O)(=O)NC(C)(C)C.Cl. The van der Waals surface area contributed by atoms with E-state index in [0.29, 0.717) is 23.6 Å². The van der Waals surface area contributed by atoms with E-state index in [9.17, 15) is 13.2 Å². The van der Waals surface area contributed by atoms with Crippen LogP contribution >= 0.6 is 12.4 Å². The van der Waals surface area contributed by atoms with Crippen LogP contribution in [0.3, 0.4) is 0 Å². The van der Waals surface area contributed by atoms with Crippen LogP contribution in [0.2, 0.25) is 0 Å². The molecule has 0 saturated carbocycles. The van der Waals surface area contributed by atoms with Gasteiger partial charge in [0.15, 0.2) is 0 Å². The molecule has 1 fully saturated rings. The highest BCUT2D eigenvalue weighted by atomic mass is 35.5. The quantitative estimate of drug-likeness (QED) is 0.643. The molecule has 0 spiro atoms. The third-order valence-electron chi connectivity index (χ3n) is 4.85. The summed E-state index contributed by atoms with van der Waals surface area (Å²) in [7, 11) is -3.66. The first-order chi connectivity index (χ1) is 12.5. The van der Waals surface area contributed by atoms with E-state index >= 15 is 0 Å². The highest BCUT2D eigenvalue weighted by Gasteiger charge is 2.25. The van der Waals surface area contributed by atoms with Crippen molar-refractivity contribution < 1.29 is 13.2 Å². The Labute approximate surface area is 175 Å². The first kappa shape index (κ1) is 24.9. The van der Waals surface area contributed by atoms with Crippen molar-refractivity contribution in [2.75, 3.05) is 18.4 Å². The number of anilines is 1. The fraction of sp³-hybridized carbons (Fsp3) is 0.650. The van der Waals surface area contributed by atoms with Gasteiger partial charge in [-0.3, -0.25) is 4.79 Å². The van der Waals surface area contributed by atoms with Gasteiger partial charge in [-0.15, -0.1) is 12.4 Å². The van der Waals surface area contributed by atoms with Gasteiger partial charge >= 0.3 is 0 Å². The van der Waals surface area contributed by atoms with E-state index in [0.717, 1.165) is 25.9 Å². The molecule has 8 heteroatoms. The van der Waals surface area contributed by atoms with Crippen molar-refractivity contribution in [3.8, 4) is 0 Å². The molecular formula is C20H34ClN3O3S. The number of benzene rings is 1. The number of sulfonamides is 1. The lowest BCUT2D eigenvalue weighted by molar-refractivity contribution is -0.117. The lowest BCUT2D eigenvalue weighted by Crippen LogP contribution is -2.40. The van der Waals surface area contributed by atoms with Gasteiger partial charge in [0.05, 0.1) is 4.90 Å². The van der Waals surface area contributed by atoms with E-state index < -0.39 is 15.6 Å². The van der Waals surface area contributed by atoms with Gasteiger partial charge in [0.2, 0.25) is 15.9 Å². The largest absolute Gasteiger partial charge is 0.326 e. The summed E-state index contributed by atoms with van der Waals surface area (Å²) in [4.78, 5) is 12.6. The lowest BCUT2D eigenvalue weighted by Gasteiger charge is -2.28. The van der Waals surface area contributed by atoms with Crippen molar-refractivity contribution in [1.82, 2.24) is 10.0 Å². The Morgan fingerprint density at radius 3 is 2.57 bits per heavy atom. The van der Waals surface area contributed by atoms with Crippen molar-refractivity contribution in [3.63, 3.8) is 0 Å². The van der Waals surface area contributed by atoms with E-state index in [4.69, 9.17) is 0 Å². The van der Waals surface area contributed by atoms with Crippen molar-refractivity contribution in [2.45, 2.75) is 64.3 Å². The molecule has 3 N–H and O–H groups in total. The smallest absolute Gasteiger partial charge is 0.241 e. The summed E-state index contributed by atoms with van der Waals surface area (Å²) >= 11 is 0. The molecule has 1 heterocycles. The molecule has 6 nitrogen and oxygen atoms in total. The van der Waals surface area contributed by atoms with Crippen LogP contribution in [0.4, 0.5) is 5.69 Å². The normalized spacial score (nSPS) is 18.8. The van der Waals surface area contributed by atoms with Crippen LogP contribution in [0.5, 0.6) is 0 Å². The molecular weight excluding hydrogens is 398 g/mol. The summed E-state index contributed by atoms with van der Waals surface area (Å²) in [5.74, 6) is 0.715. The number of piperidine rings is 1. The van der Waals surface area contributed by atoms with Crippen LogP contribution in [0.15, 0.2) is 23.1 Å². The molecule has 1 saturated heterocycles. The van der Waals surface area contributed by atoms with E-state index in [1.807, 2.05) is 0 Å². The van der Waals surface area contributed by atoms with Gasteiger partial charge in [-0.25, -0.2) is 13.1 Å². The maximum atomic E-state index is 12.7. The molecule has 0 aliphatic carbocycles. The summed E-state index contributed by atoms with van der Waals surface area (Å²) in [6, 6.07) is 5.01. The zero-order valence-electron chi connectivity index (χ0n) is 17.5. The number of amides is 1. The van der Waals surface area contributed by atoms with Crippen molar-refractivity contribution in [3.05, 3.63) is 23.8 Å². The van der Waals surface area contributed by atoms with Gasteiger partial charge in [-0.2, -0.15) is 0 Å². The predicted octanol–water partition coefficient (Wildman–Crippen LogP) is 3.46. The van der Waals surface area contributed by atoms with Crippen LogP contribution in [-0.4, -0.2) is 33.0 Å². The minimum absolute atomic E-state index is 0. The second-order valence-electron chi connectivity index (χ2n) is 8.67. The number of carbonyl (C=O) groups excluding carboxylic acids is 1. The van der Waals surface area contributed by atoms with Crippen LogP contribution in [-0.2, 0) is 14.8 Å². The highest BCUT2D eigenvalue weighted by molar-refractivity contribution is 7.89. The number of nitrogens with one attached hydrogen (secondary N) is 3. The van der Waals surface area contributed by atoms with Crippen LogP contribution in [0.25, 0.3) is 0 Å². The van der Waals surface area contributed by atoms with Crippen LogP contribution in [0.1, 0.15) is 52.5 Å². The average Bonchev–Trinajstić information content (AvgIpc) is 2.55. The maximum Gasteiger partial charge on any atom is 0.241 e. The zero-order valence-corrected chi connectivity index (χ0v) is 19.1. The predicted molar refractivity (Wildman–Crippen MR) is 117 cm³/mol. The third kappa shape index (κ3) is 7.35. The second-order valence-corrected chi connectivity index (χ2v) is 10.3. The van der Waals surface area contributed by atoms with Gasteiger partial charge in [0, 0.05) is 17.6 Å².